The van der Waals surface area contributed by atoms with Gasteiger partial charge in [0.15, 0.2) is 0 Å². The molecule has 0 radical (unpaired) electrons. The van der Waals surface area contributed by atoms with E-state index in [2.05, 4.69) is 28.3 Å². The minimum atomic E-state index is 0.764. The van der Waals surface area contributed by atoms with E-state index in [1.54, 1.807) is 0 Å². The maximum Gasteiger partial charge on any atom is 0.0837 e. The molecule has 110 valence electrons. The van der Waals surface area contributed by atoms with Gasteiger partial charge in [0.2, 0.25) is 0 Å². The van der Waals surface area contributed by atoms with Gasteiger partial charge in [0.1, 0.15) is 0 Å². The fourth-order valence-corrected chi connectivity index (χ4v) is 4.15. The lowest BCUT2D eigenvalue weighted by Crippen LogP contribution is -2.13. The van der Waals surface area contributed by atoms with Crippen molar-refractivity contribution in [3.63, 3.8) is 0 Å². The first-order chi connectivity index (χ1) is 10.4. The van der Waals surface area contributed by atoms with Gasteiger partial charge in [-0.05, 0) is 61.3 Å². The molecule has 0 spiro atoms. The molecule has 3 N–H and O–H groups in total. The molecule has 0 bridgehead atoms. The highest BCUT2D eigenvalue weighted by molar-refractivity contribution is 6.06. The molecule has 1 fully saturated rings. The Morgan fingerprint density at radius 1 is 1.05 bits per heavy atom. The molecule has 2 aromatic rings. The number of fused-ring (bicyclic) bond motifs is 3. The highest BCUT2D eigenvalue weighted by Gasteiger charge is 2.22. The summed E-state index contributed by atoms with van der Waals surface area (Å²) in [5.41, 5.74) is 6.41. The van der Waals surface area contributed by atoms with E-state index in [4.69, 9.17) is 5.84 Å². The number of benzene rings is 1. The number of nitrogens with one attached hydrogen (secondary N) is 1. The smallest absolute Gasteiger partial charge is 0.0837 e. The van der Waals surface area contributed by atoms with Crippen molar-refractivity contribution in [2.75, 3.05) is 0 Å². The average Bonchev–Trinajstić information content (AvgIpc) is 2.93. The van der Waals surface area contributed by atoms with Crippen molar-refractivity contribution in [3.05, 3.63) is 35.0 Å². The van der Waals surface area contributed by atoms with E-state index < -0.39 is 0 Å². The van der Waals surface area contributed by atoms with Gasteiger partial charge in [-0.2, -0.15) is 5.10 Å². The zero-order valence-electron chi connectivity index (χ0n) is 12.5. The largest absolute Gasteiger partial charge is 0.353 e. The lowest BCUT2D eigenvalue weighted by molar-refractivity contribution is 0.444. The van der Waals surface area contributed by atoms with Gasteiger partial charge in [-0.25, -0.2) is 0 Å². The highest BCUT2D eigenvalue weighted by atomic mass is 15.1. The maximum absolute atomic E-state index is 5.55. The van der Waals surface area contributed by atoms with E-state index >= 15 is 0 Å². The van der Waals surface area contributed by atoms with Crippen molar-refractivity contribution in [1.82, 2.24) is 4.98 Å². The number of aryl methyl sites for hydroxylation is 1. The number of rotatable bonds is 1. The Labute approximate surface area is 125 Å². The number of aromatic amines is 1. The van der Waals surface area contributed by atoms with E-state index in [1.807, 2.05) is 0 Å². The standard InChI is InChI=1S/C18H23N3/c19-21-17-8-4-7-14-15-11-13(12-5-2-1-3-6-12)9-10-16(15)20-18(14)17/h9-12,20H,1-8,19H2. The monoisotopic (exact) mass is 281 g/mol. The van der Waals surface area contributed by atoms with Gasteiger partial charge in [-0.1, -0.05) is 25.3 Å². The molecule has 4 rings (SSSR count). The predicted molar refractivity (Wildman–Crippen MR) is 87.8 cm³/mol. The molecule has 0 atom stereocenters. The van der Waals surface area contributed by atoms with Crippen molar-refractivity contribution < 1.29 is 0 Å². The van der Waals surface area contributed by atoms with Crippen LogP contribution in [0, 0.1) is 0 Å². The van der Waals surface area contributed by atoms with Gasteiger partial charge < -0.3 is 10.8 Å². The maximum atomic E-state index is 5.55. The molecule has 0 aliphatic heterocycles. The fraction of sp³-hybridized carbons (Fsp3) is 0.500. The molecule has 0 unspecified atom stereocenters. The third-order valence-electron chi connectivity index (χ3n) is 5.29. The summed E-state index contributed by atoms with van der Waals surface area (Å²) >= 11 is 0. The van der Waals surface area contributed by atoms with Crippen LogP contribution in [0.3, 0.4) is 0 Å². The summed E-state index contributed by atoms with van der Waals surface area (Å²) < 4.78 is 0. The summed E-state index contributed by atoms with van der Waals surface area (Å²) in [4.78, 5) is 3.54. The van der Waals surface area contributed by atoms with Crippen LogP contribution in [0.25, 0.3) is 10.9 Å². The van der Waals surface area contributed by atoms with Crippen LogP contribution < -0.4 is 5.84 Å². The number of hydrogen-bond acceptors (Lipinski definition) is 2. The van der Waals surface area contributed by atoms with Crippen molar-refractivity contribution in [2.24, 2.45) is 10.9 Å². The second kappa shape index (κ2) is 5.21. The molecular weight excluding hydrogens is 258 g/mol. The normalized spacial score (nSPS) is 21.8. The molecule has 3 nitrogen and oxygen atoms in total. The van der Waals surface area contributed by atoms with Crippen LogP contribution in [0.15, 0.2) is 23.3 Å². The van der Waals surface area contributed by atoms with Crippen LogP contribution in [0.5, 0.6) is 0 Å². The van der Waals surface area contributed by atoms with Gasteiger partial charge in [-0.3, -0.25) is 0 Å². The summed E-state index contributed by atoms with van der Waals surface area (Å²) in [5.74, 6) is 6.32. The molecule has 0 saturated heterocycles. The zero-order valence-corrected chi connectivity index (χ0v) is 12.5. The number of H-pyrrole nitrogens is 1. The lowest BCUT2D eigenvalue weighted by Gasteiger charge is -2.22. The van der Waals surface area contributed by atoms with Crippen molar-refractivity contribution in [1.29, 1.82) is 0 Å². The van der Waals surface area contributed by atoms with E-state index in [1.165, 1.54) is 59.8 Å². The summed E-state index contributed by atoms with van der Waals surface area (Å²) in [7, 11) is 0. The van der Waals surface area contributed by atoms with Crippen LogP contribution in [0.4, 0.5) is 0 Å². The third kappa shape index (κ3) is 2.15. The van der Waals surface area contributed by atoms with Crippen LogP contribution in [0.2, 0.25) is 0 Å². The Morgan fingerprint density at radius 2 is 1.90 bits per heavy atom. The van der Waals surface area contributed by atoms with Crippen LogP contribution in [-0.2, 0) is 6.42 Å². The topological polar surface area (TPSA) is 54.2 Å². The summed E-state index contributed by atoms with van der Waals surface area (Å²) in [6.07, 6.45) is 10.2. The number of hydrogen-bond donors (Lipinski definition) is 2. The molecule has 1 heterocycles. The summed E-state index contributed by atoms with van der Waals surface area (Å²) in [5, 5.41) is 5.38. The average molecular weight is 281 g/mol. The van der Waals surface area contributed by atoms with Gasteiger partial charge in [-0.15, -0.1) is 0 Å². The molecular formula is C18H23N3. The Bertz CT molecular complexity index is 690. The van der Waals surface area contributed by atoms with E-state index in [9.17, 15) is 0 Å². The SMILES string of the molecule is NN=C1CCCc2c1[nH]c1ccc(C3CCCCC3)cc21. The Balaban J connectivity index is 1.80. The van der Waals surface area contributed by atoms with Crippen molar-refractivity contribution >= 4 is 16.6 Å². The third-order valence-corrected chi connectivity index (χ3v) is 5.29. The van der Waals surface area contributed by atoms with Crippen LogP contribution in [-0.4, -0.2) is 10.7 Å². The molecule has 2 aliphatic rings. The minimum Gasteiger partial charge on any atom is -0.353 e. The second-order valence-corrected chi connectivity index (χ2v) is 6.55. The van der Waals surface area contributed by atoms with Crippen molar-refractivity contribution in [3.8, 4) is 0 Å². The highest BCUT2D eigenvalue weighted by Crippen LogP contribution is 2.36. The summed E-state index contributed by atoms with van der Waals surface area (Å²) in [6.45, 7) is 0. The molecule has 1 aromatic heterocycles. The fourth-order valence-electron chi connectivity index (χ4n) is 4.15. The number of nitrogens with zero attached hydrogens (tertiary/aromatic N) is 1. The number of hydrazone groups is 1. The minimum absolute atomic E-state index is 0.764. The first kappa shape index (κ1) is 12.9. The first-order valence-corrected chi connectivity index (χ1v) is 8.28. The Hall–Kier alpha value is -1.77. The Morgan fingerprint density at radius 3 is 2.71 bits per heavy atom. The predicted octanol–water partition coefficient (Wildman–Crippen LogP) is 4.21. The van der Waals surface area contributed by atoms with E-state index in [0.717, 1.165) is 30.9 Å². The van der Waals surface area contributed by atoms with Crippen LogP contribution >= 0.6 is 0 Å². The quantitative estimate of drug-likeness (QED) is 0.597. The molecule has 0 amide bonds. The Kier molecular flexibility index (Phi) is 3.21. The number of nitrogens with two attached hydrogens (primary N) is 1. The van der Waals surface area contributed by atoms with Gasteiger partial charge in [0.25, 0.3) is 0 Å². The van der Waals surface area contributed by atoms with Crippen LogP contribution in [0.1, 0.15) is 67.7 Å². The zero-order chi connectivity index (χ0) is 14.2. The number of aromatic nitrogens is 1. The lowest BCUT2D eigenvalue weighted by atomic mass is 9.83. The van der Waals surface area contributed by atoms with Gasteiger partial charge in [0, 0.05) is 10.9 Å². The van der Waals surface area contributed by atoms with Gasteiger partial charge in [0.05, 0.1) is 11.4 Å². The van der Waals surface area contributed by atoms with E-state index in [0.29, 0.717) is 0 Å². The molecule has 2 aliphatic carbocycles. The molecule has 3 heteroatoms. The van der Waals surface area contributed by atoms with E-state index in [-0.39, 0.29) is 0 Å². The second-order valence-electron chi connectivity index (χ2n) is 6.55. The first-order valence-electron chi connectivity index (χ1n) is 8.28. The molecule has 1 saturated carbocycles. The molecule has 21 heavy (non-hydrogen) atoms. The molecule has 1 aromatic carbocycles. The van der Waals surface area contributed by atoms with Gasteiger partial charge >= 0.3 is 0 Å². The summed E-state index contributed by atoms with van der Waals surface area (Å²) in [6, 6.07) is 7.01. The van der Waals surface area contributed by atoms with Crippen molar-refractivity contribution in [2.45, 2.75) is 57.3 Å².